The lowest BCUT2D eigenvalue weighted by molar-refractivity contribution is -0.0715. The quantitative estimate of drug-likeness (QED) is 0.660. The van der Waals surface area contributed by atoms with Gasteiger partial charge in [0.05, 0.1) is 18.3 Å². The van der Waals surface area contributed by atoms with Crippen LogP contribution in [0.25, 0.3) is 0 Å². The SMILES string of the molecule is OC1C2CC3OC4C2C=C(Cl)CC4C31. The van der Waals surface area contributed by atoms with Crippen molar-refractivity contribution in [2.45, 2.75) is 31.2 Å². The van der Waals surface area contributed by atoms with Crippen LogP contribution in [-0.4, -0.2) is 23.4 Å². The molecule has 2 heterocycles. The van der Waals surface area contributed by atoms with Crippen LogP contribution in [0.15, 0.2) is 11.1 Å². The Morgan fingerprint density at radius 1 is 1.43 bits per heavy atom. The fourth-order valence-corrected chi connectivity index (χ4v) is 4.57. The second-order valence-corrected chi connectivity index (χ2v) is 5.65. The third kappa shape index (κ3) is 0.742. The Morgan fingerprint density at radius 2 is 2.29 bits per heavy atom. The van der Waals surface area contributed by atoms with Gasteiger partial charge in [0.25, 0.3) is 0 Å². The van der Waals surface area contributed by atoms with E-state index in [0.717, 1.165) is 17.9 Å². The van der Waals surface area contributed by atoms with Crippen molar-refractivity contribution >= 4 is 11.6 Å². The maximum atomic E-state index is 10.1. The lowest BCUT2D eigenvalue weighted by atomic mass is 9.66. The summed E-state index contributed by atoms with van der Waals surface area (Å²) in [5.74, 6) is 1.69. The second-order valence-electron chi connectivity index (χ2n) is 5.17. The van der Waals surface area contributed by atoms with Gasteiger partial charge >= 0.3 is 0 Å². The number of hydrogen-bond acceptors (Lipinski definition) is 2. The molecule has 5 rings (SSSR count). The van der Waals surface area contributed by atoms with Gasteiger partial charge in [-0.3, -0.25) is 0 Å². The number of halogens is 1. The number of ether oxygens (including phenoxy) is 1. The maximum absolute atomic E-state index is 10.1. The van der Waals surface area contributed by atoms with Crippen LogP contribution in [0, 0.1) is 23.7 Å². The predicted molar refractivity (Wildman–Crippen MR) is 51.8 cm³/mol. The van der Waals surface area contributed by atoms with Gasteiger partial charge in [-0.1, -0.05) is 17.7 Å². The zero-order valence-corrected chi connectivity index (χ0v) is 8.52. The molecule has 0 amide bonds. The molecule has 0 aromatic heterocycles. The molecule has 0 radical (unpaired) electrons. The summed E-state index contributed by atoms with van der Waals surface area (Å²) in [7, 11) is 0. The molecule has 2 nitrogen and oxygen atoms in total. The molecular weight excluding hydrogens is 200 g/mol. The molecular formula is C11H13ClO2. The molecule has 3 heteroatoms. The Hall–Kier alpha value is -0.0500. The highest BCUT2D eigenvalue weighted by Crippen LogP contribution is 2.61. The molecule has 2 saturated carbocycles. The van der Waals surface area contributed by atoms with Crippen LogP contribution in [0.2, 0.25) is 0 Å². The van der Waals surface area contributed by atoms with E-state index in [1.165, 1.54) is 0 Å². The highest BCUT2D eigenvalue weighted by Gasteiger charge is 2.64. The van der Waals surface area contributed by atoms with Crippen molar-refractivity contribution in [3.05, 3.63) is 11.1 Å². The molecule has 2 saturated heterocycles. The molecule has 7 unspecified atom stereocenters. The van der Waals surface area contributed by atoms with E-state index in [2.05, 4.69) is 6.08 Å². The predicted octanol–water partition coefficient (Wildman–Crippen LogP) is 1.52. The third-order valence-electron chi connectivity index (χ3n) is 4.69. The van der Waals surface area contributed by atoms with E-state index in [1.54, 1.807) is 0 Å². The average molecular weight is 213 g/mol. The molecule has 2 aliphatic heterocycles. The van der Waals surface area contributed by atoms with Crippen LogP contribution in [0.5, 0.6) is 0 Å². The summed E-state index contributed by atoms with van der Waals surface area (Å²) in [5.41, 5.74) is 0. The maximum Gasteiger partial charge on any atom is 0.0681 e. The van der Waals surface area contributed by atoms with Crippen molar-refractivity contribution < 1.29 is 9.84 Å². The summed E-state index contributed by atoms with van der Waals surface area (Å²) >= 11 is 6.13. The van der Waals surface area contributed by atoms with Crippen LogP contribution < -0.4 is 0 Å². The lowest BCUT2D eigenvalue weighted by Crippen LogP contribution is -2.46. The van der Waals surface area contributed by atoms with Crippen molar-refractivity contribution in [2.24, 2.45) is 23.7 Å². The molecule has 6 bridgehead atoms. The van der Waals surface area contributed by atoms with E-state index in [-0.39, 0.29) is 6.10 Å². The van der Waals surface area contributed by atoms with Crippen LogP contribution in [-0.2, 0) is 4.74 Å². The fraction of sp³-hybridized carbons (Fsp3) is 0.818. The zero-order chi connectivity index (χ0) is 9.45. The highest BCUT2D eigenvalue weighted by molar-refractivity contribution is 6.29. The van der Waals surface area contributed by atoms with Crippen molar-refractivity contribution in [3.8, 4) is 0 Å². The van der Waals surface area contributed by atoms with Gasteiger partial charge in [0.15, 0.2) is 0 Å². The van der Waals surface area contributed by atoms with Crippen molar-refractivity contribution in [1.29, 1.82) is 0 Å². The normalized spacial score (nSPS) is 63.3. The van der Waals surface area contributed by atoms with E-state index in [0.29, 0.717) is 35.9 Å². The molecule has 4 fully saturated rings. The first-order chi connectivity index (χ1) is 6.75. The zero-order valence-electron chi connectivity index (χ0n) is 7.77. The van der Waals surface area contributed by atoms with E-state index in [4.69, 9.17) is 16.3 Å². The molecule has 0 aromatic carbocycles. The molecule has 14 heavy (non-hydrogen) atoms. The van der Waals surface area contributed by atoms with Gasteiger partial charge in [0.2, 0.25) is 0 Å². The first kappa shape index (κ1) is 8.14. The molecule has 7 atom stereocenters. The Kier molecular flexibility index (Phi) is 1.38. The average Bonchev–Trinajstić information content (AvgIpc) is 2.59. The third-order valence-corrected chi connectivity index (χ3v) is 4.97. The molecule has 76 valence electrons. The number of allylic oxidation sites excluding steroid dienone is 1. The van der Waals surface area contributed by atoms with Gasteiger partial charge in [0, 0.05) is 16.9 Å². The lowest BCUT2D eigenvalue weighted by Gasteiger charge is -2.43. The van der Waals surface area contributed by atoms with Crippen LogP contribution >= 0.6 is 11.6 Å². The Morgan fingerprint density at radius 3 is 3.14 bits per heavy atom. The molecule has 0 aromatic rings. The van der Waals surface area contributed by atoms with E-state index in [1.807, 2.05) is 0 Å². The fourth-order valence-electron chi connectivity index (χ4n) is 4.24. The summed E-state index contributed by atoms with van der Waals surface area (Å²) in [6, 6.07) is 0. The minimum Gasteiger partial charge on any atom is -0.392 e. The summed E-state index contributed by atoms with van der Waals surface area (Å²) in [4.78, 5) is 0. The minimum absolute atomic E-state index is 0.130. The van der Waals surface area contributed by atoms with E-state index >= 15 is 0 Å². The first-order valence-corrected chi connectivity index (χ1v) is 5.83. The largest absolute Gasteiger partial charge is 0.392 e. The van der Waals surface area contributed by atoms with Crippen molar-refractivity contribution in [2.75, 3.05) is 0 Å². The number of hydrogen-bond donors (Lipinski definition) is 1. The van der Waals surface area contributed by atoms with Crippen molar-refractivity contribution in [1.82, 2.24) is 0 Å². The van der Waals surface area contributed by atoms with Gasteiger partial charge < -0.3 is 9.84 Å². The second kappa shape index (κ2) is 2.37. The standard InChI is InChI=1S/C11H13ClO2/c12-4-1-6-5-3-8-9(10(5)13)7(2-4)11(6)14-8/h1,5-11,13H,2-3H2. The molecule has 5 aliphatic rings. The monoisotopic (exact) mass is 212 g/mol. The highest BCUT2D eigenvalue weighted by atomic mass is 35.5. The number of aliphatic hydroxyl groups is 1. The minimum atomic E-state index is -0.130. The Bertz CT molecular complexity index is 325. The van der Waals surface area contributed by atoms with Gasteiger partial charge in [-0.25, -0.2) is 0 Å². The summed E-state index contributed by atoms with van der Waals surface area (Å²) in [6.07, 6.45) is 4.67. The molecule has 3 aliphatic carbocycles. The van der Waals surface area contributed by atoms with Crippen LogP contribution in [0.1, 0.15) is 12.8 Å². The summed E-state index contributed by atoms with van der Waals surface area (Å²) < 4.78 is 5.97. The van der Waals surface area contributed by atoms with Gasteiger partial charge in [-0.2, -0.15) is 0 Å². The van der Waals surface area contributed by atoms with Gasteiger partial charge in [-0.15, -0.1) is 0 Å². The Balaban J connectivity index is 1.87. The van der Waals surface area contributed by atoms with Crippen LogP contribution in [0.4, 0.5) is 0 Å². The molecule has 0 spiro atoms. The first-order valence-electron chi connectivity index (χ1n) is 5.45. The Labute approximate surface area is 87.9 Å². The summed E-state index contributed by atoms with van der Waals surface area (Å²) in [5, 5.41) is 11.1. The van der Waals surface area contributed by atoms with Crippen molar-refractivity contribution in [3.63, 3.8) is 0 Å². The topological polar surface area (TPSA) is 29.5 Å². The van der Waals surface area contributed by atoms with E-state index in [9.17, 15) is 5.11 Å². The van der Waals surface area contributed by atoms with Gasteiger partial charge in [0.1, 0.15) is 0 Å². The van der Waals surface area contributed by atoms with Gasteiger partial charge in [-0.05, 0) is 24.7 Å². The van der Waals surface area contributed by atoms with Crippen LogP contribution in [0.3, 0.4) is 0 Å². The number of aliphatic hydroxyl groups excluding tert-OH is 1. The smallest absolute Gasteiger partial charge is 0.0681 e. The summed E-state index contributed by atoms with van der Waals surface area (Å²) in [6.45, 7) is 0. The molecule has 1 N–H and O–H groups in total. The number of rotatable bonds is 0. The van der Waals surface area contributed by atoms with E-state index < -0.39 is 0 Å².